The molecule has 1 aliphatic rings. The van der Waals surface area contributed by atoms with Gasteiger partial charge in [0.1, 0.15) is 11.3 Å². The van der Waals surface area contributed by atoms with Gasteiger partial charge >= 0.3 is 6.09 Å². The number of hydrogen-bond acceptors (Lipinski definition) is 3. The molecule has 1 amide bonds. The van der Waals surface area contributed by atoms with Crippen LogP contribution >= 0.6 is 11.6 Å². The van der Waals surface area contributed by atoms with Gasteiger partial charge in [0.25, 0.3) is 0 Å². The van der Waals surface area contributed by atoms with Crippen LogP contribution in [0, 0.1) is 0 Å². The molecule has 6 heteroatoms. The van der Waals surface area contributed by atoms with Gasteiger partial charge in [-0.3, -0.25) is 0 Å². The smallest absolute Gasteiger partial charge is 0.406 e. The predicted octanol–water partition coefficient (Wildman–Crippen LogP) is 2.32. The fourth-order valence-corrected chi connectivity index (χ4v) is 2.18. The standard InChI is InChI=1S/C11H14ClN3O2/c12-9-5-4-8(7-13-9)15-6-2-1-3-10(15)14-11(16)17/h4-5,7,10,14H,1-3,6H2,(H,16,17). The van der Waals surface area contributed by atoms with E-state index in [9.17, 15) is 4.79 Å². The molecule has 0 aromatic carbocycles. The summed E-state index contributed by atoms with van der Waals surface area (Å²) < 4.78 is 0. The lowest BCUT2D eigenvalue weighted by atomic mass is 10.1. The number of nitrogens with one attached hydrogen (secondary N) is 1. The average molecular weight is 256 g/mol. The van der Waals surface area contributed by atoms with Gasteiger partial charge in [-0.2, -0.15) is 0 Å². The molecular weight excluding hydrogens is 242 g/mol. The molecule has 0 spiro atoms. The van der Waals surface area contributed by atoms with E-state index in [1.807, 2.05) is 11.0 Å². The zero-order valence-corrected chi connectivity index (χ0v) is 10.0. The highest BCUT2D eigenvalue weighted by molar-refractivity contribution is 6.29. The van der Waals surface area contributed by atoms with E-state index in [0.717, 1.165) is 31.5 Å². The molecule has 1 atom stereocenters. The summed E-state index contributed by atoms with van der Waals surface area (Å²) in [6.07, 6.45) is 3.40. The summed E-state index contributed by atoms with van der Waals surface area (Å²) in [4.78, 5) is 16.8. The van der Waals surface area contributed by atoms with Gasteiger partial charge in [-0.25, -0.2) is 9.78 Å². The summed E-state index contributed by atoms with van der Waals surface area (Å²) in [6, 6.07) is 3.57. The number of aromatic nitrogens is 1. The van der Waals surface area contributed by atoms with Gasteiger partial charge in [0.05, 0.1) is 11.9 Å². The molecule has 2 heterocycles. The van der Waals surface area contributed by atoms with Gasteiger partial charge in [-0.1, -0.05) is 11.6 Å². The van der Waals surface area contributed by atoms with Gasteiger partial charge in [-0.05, 0) is 31.4 Å². The Morgan fingerprint density at radius 3 is 3.00 bits per heavy atom. The van der Waals surface area contributed by atoms with Crippen molar-refractivity contribution in [1.82, 2.24) is 10.3 Å². The molecule has 1 fully saturated rings. The van der Waals surface area contributed by atoms with Gasteiger partial charge in [0.2, 0.25) is 0 Å². The molecule has 17 heavy (non-hydrogen) atoms. The second-order valence-electron chi connectivity index (χ2n) is 3.99. The van der Waals surface area contributed by atoms with E-state index in [1.165, 1.54) is 0 Å². The fraction of sp³-hybridized carbons (Fsp3) is 0.455. The molecule has 1 aromatic heterocycles. The summed E-state index contributed by atoms with van der Waals surface area (Å²) in [7, 11) is 0. The first kappa shape index (κ1) is 12.0. The first-order chi connectivity index (χ1) is 8.16. The third-order valence-electron chi connectivity index (χ3n) is 2.84. The number of rotatable bonds is 2. The van der Waals surface area contributed by atoms with Gasteiger partial charge < -0.3 is 15.3 Å². The van der Waals surface area contributed by atoms with Crippen LogP contribution in [0.4, 0.5) is 10.5 Å². The molecule has 0 radical (unpaired) electrons. The van der Waals surface area contributed by atoms with Crippen LogP contribution in [-0.4, -0.2) is 28.9 Å². The largest absolute Gasteiger partial charge is 0.465 e. The zero-order valence-electron chi connectivity index (χ0n) is 9.27. The Labute approximate surface area is 104 Å². The van der Waals surface area contributed by atoms with Crippen molar-refractivity contribution in [1.29, 1.82) is 0 Å². The summed E-state index contributed by atoms with van der Waals surface area (Å²) in [5.41, 5.74) is 0.896. The van der Waals surface area contributed by atoms with Crippen molar-refractivity contribution in [2.45, 2.75) is 25.4 Å². The third kappa shape index (κ3) is 3.00. The summed E-state index contributed by atoms with van der Waals surface area (Å²) in [6.45, 7) is 0.828. The molecule has 2 N–H and O–H groups in total. The number of nitrogens with zero attached hydrogens (tertiary/aromatic N) is 2. The molecule has 1 aliphatic heterocycles. The molecule has 0 aliphatic carbocycles. The highest BCUT2D eigenvalue weighted by atomic mass is 35.5. The highest BCUT2D eigenvalue weighted by Gasteiger charge is 2.24. The van der Waals surface area contributed by atoms with Crippen molar-refractivity contribution >= 4 is 23.4 Å². The van der Waals surface area contributed by atoms with E-state index >= 15 is 0 Å². The minimum Gasteiger partial charge on any atom is -0.465 e. The molecule has 1 aromatic rings. The number of amides is 1. The molecular formula is C11H14ClN3O2. The minimum absolute atomic E-state index is 0.177. The van der Waals surface area contributed by atoms with Crippen LogP contribution in [0.25, 0.3) is 0 Å². The number of halogens is 1. The predicted molar refractivity (Wildman–Crippen MR) is 65.4 cm³/mol. The number of pyridine rings is 1. The Hall–Kier alpha value is -1.49. The van der Waals surface area contributed by atoms with Gasteiger partial charge in [-0.15, -0.1) is 0 Å². The first-order valence-electron chi connectivity index (χ1n) is 5.54. The molecule has 5 nitrogen and oxygen atoms in total. The van der Waals surface area contributed by atoms with Crippen molar-refractivity contribution in [3.05, 3.63) is 23.5 Å². The second kappa shape index (κ2) is 5.23. The number of carbonyl (C=O) groups is 1. The maximum Gasteiger partial charge on any atom is 0.406 e. The van der Waals surface area contributed by atoms with Crippen LogP contribution in [0.15, 0.2) is 18.3 Å². The quantitative estimate of drug-likeness (QED) is 0.796. The van der Waals surface area contributed by atoms with Crippen LogP contribution in [-0.2, 0) is 0 Å². The SMILES string of the molecule is O=C(O)NC1CCCCN1c1ccc(Cl)nc1. The van der Waals surface area contributed by atoms with E-state index in [0.29, 0.717) is 5.15 Å². The van der Waals surface area contributed by atoms with Crippen LogP contribution in [0.2, 0.25) is 5.15 Å². The van der Waals surface area contributed by atoms with Crippen molar-refractivity contribution in [2.24, 2.45) is 0 Å². The number of carboxylic acid groups (broad SMARTS) is 1. The molecule has 92 valence electrons. The van der Waals surface area contributed by atoms with Crippen molar-refractivity contribution in [2.75, 3.05) is 11.4 Å². The van der Waals surface area contributed by atoms with E-state index in [4.69, 9.17) is 16.7 Å². The monoisotopic (exact) mass is 255 g/mol. The lowest BCUT2D eigenvalue weighted by Gasteiger charge is -2.36. The maximum absolute atomic E-state index is 10.7. The normalized spacial score (nSPS) is 20.1. The first-order valence-corrected chi connectivity index (χ1v) is 5.92. The van der Waals surface area contributed by atoms with Crippen LogP contribution in [0.3, 0.4) is 0 Å². The highest BCUT2D eigenvalue weighted by Crippen LogP contribution is 2.23. The van der Waals surface area contributed by atoms with Crippen molar-refractivity contribution in [3.63, 3.8) is 0 Å². The number of piperidine rings is 1. The minimum atomic E-state index is -0.996. The summed E-state index contributed by atoms with van der Waals surface area (Å²) in [5, 5.41) is 11.8. The fourth-order valence-electron chi connectivity index (χ4n) is 2.07. The van der Waals surface area contributed by atoms with Gasteiger partial charge in [0.15, 0.2) is 0 Å². The zero-order chi connectivity index (χ0) is 12.3. The molecule has 0 bridgehead atoms. The summed E-state index contributed by atoms with van der Waals surface area (Å²) in [5.74, 6) is 0. The average Bonchev–Trinajstić information content (AvgIpc) is 2.30. The number of anilines is 1. The third-order valence-corrected chi connectivity index (χ3v) is 3.06. The Morgan fingerprint density at radius 2 is 2.35 bits per heavy atom. The lowest BCUT2D eigenvalue weighted by molar-refractivity contribution is 0.187. The Morgan fingerprint density at radius 1 is 1.53 bits per heavy atom. The molecule has 2 rings (SSSR count). The Bertz CT molecular complexity index is 396. The van der Waals surface area contributed by atoms with Crippen LogP contribution in [0.1, 0.15) is 19.3 Å². The van der Waals surface area contributed by atoms with Gasteiger partial charge in [0, 0.05) is 6.54 Å². The van der Waals surface area contributed by atoms with Crippen LogP contribution in [0.5, 0.6) is 0 Å². The van der Waals surface area contributed by atoms with E-state index < -0.39 is 6.09 Å². The Kier molecular flexibility index (Phi) is 3.68. The molecule has 0 saturated carbocycles. The van der Waals surface area contributed by atoms with E-state index in [2.05, 4.69) is 10.3 Å². The van der Waals surface area contributed by atoms with E-state index in [1.54, 1.807) is 12.3 Å². The second-order valence-corrected chi connectivity index (χ2v) is 4.38. The number of hydrogen-bond donors (Lipinski definition) is 2. The lowest BCUT2D eigenvalue weighted by Crippen LogP contribution is -2.50. The molecule has 1 unspecified atom stereocenters. The summed E-state index contributed by atoms with van der Waals surface area (Å²) >= 11 is 5.73. The molecule has 1 saturated heterocycles. The maximum atomic E-state index is 10.7. The van der Waals surface area contributed by atoms with Crippen molar-refractivity contribution in [3.8, 4) is 0 Å². The van der Waals surface area contributed by atoms with E-state index in [-0.39, 0.29) is 6.17 Å². The van der Waals surface area contributed by atoms with Crippen molar-refractivity contribution < 1.29 is 9.90 Å². The Balaban J connectivity index is 2.15. The topological polar surface area (TPSA) is 65.5 Å². The van der Waals surface area contributed by atoms with Crippen LogP contribution < -0.4 is 10.2 Å².